The Morgan fingerprint density at radius 2 is 1.19 bits per heavy atom. The number of Topliss-reactive ketones (excluding diaryl/α,β-unsaturated/α-hetero) is 1. The van der Waals surface area contributed by atoms with E-state index in [0.717, 1.165) is 54.0 Å². The molecule has 4 aliphatic rings. The van der Waals surface area contributed by atoms with E-state index < -0.39 is 8.80 Å². The van der Waals surface area contributed by atoms with Crippen LogP contribution in [0.1, 0.15) is 39.9 Å². The minimum absolute atomic E-state index is 0.183. The summed E-state index contributed by atoms with van der Waals surface area (Å²) in [5, 5.41) is 2.82. The van der Waals surface area contributed by atoms with Crippen LogP contribution in [0, 0.1) is 0 Å². The molecule has 0 N–H and O–H groups in total. The molecule has 0 aromatic heterocycles. The minimum atomic E-state index is -1.03. The van der Waals surface area contributed by atoms with Crippen molar-refractivity contribution in [1.82, 2.24) is 0 Å². The molecule has 1 radical (unpaired) electrons. The van der Waals surface area contributed by atoms with E-state index in [4.69, 9.17) is 0 Å². The van der Waals surface area contributed by atoms with Gasteiger partial charge in [-0.2, -0.15) is 0 Å². The summed E-state index contributed by atoms with van der Waals surface area (Å²) < 4.78 is 0. The van der Waals surface area contributed by atoms with Crippen molar-refractivity contribution in [2.24, 2.45) is 0 Å². The fourth-order valence-corrected chi connectivity index (χ4v) is 7.87. The molecule has 2 fully saturated rings. The van der Waals surface area contributed by atoms with Crippen molar-refractivity contribution < 1.29 is 4.79 Å². The third kappa shape index (κ3) is 2.44. The fraction of sp³-hybridized carbons (Fsp3) is 0.250. The van der Waals surface area contributed by atoms with E-state index in [9.17, 15) is 4.79 Å². The van der Waals surface area contributed by atoms with E-state index >= 15 is 0 Å². The molecule has 1 aliphatic carbocycles. The topological polar surface area (TPSA) is 23.6 Å². The molecule has 0 spiro atoms. The van der Waals surface area contributed by atoms with Gasteiger partial charge in [-0.1, -0.05) is 42.9 Å². The third-order valence-electron chi connectivity index (χ3n) is 7.71. The predicted molar refractivity (Wildman–Crippen MR) is 134 cm³/mol. The van der Waals surface area contributed by atoms with Gasteiger partial charge in [0, 0.05) is 54.3 Å². The summed E-state index contributed by atoms with van der Waals surface area (Å²) in [4.78, 5) is 18.6. The summed E-state index contributed by atoms with van der Waals surface area (Å²) in [6, 6.07) is 22.0. The van der Waals surface area contributed by atoms with Crippen molar-refractivity contribution >= 4 is 47.5 Å². The lowest BCUT2D eigenvalue weighted by atomic mass is 9.93. The zero-order valence-corrected chi connectivity index (χ0v) is 19.3. The van der Waals surface area contributed by atoms with Crippen molar-refractivity contribution in [3.05, 3.63) is 82.9 Å². The number of allylic oxidation sites excluding steroid dienone is 1. The number of ketones is 1. The molecule has 32 heavy (non-hydrogen) atoms. The van der Waals surface area contributed by atoms with Crippen molar-refractivity contribution in [1.29, 1.82) is 0 Å². The highest BCUT2D eigenvalue weighted by atomic mass is 28.3. The molecule has 157 valence electrons. The molecule has 7 rings (SSSR count). The van der Waals surface area contributed by atoms with Crippen molar-refractivity contribution in [2.75, 3.05) is 36.0 Å². The molecule has 0 atom stereocenters. The number of anilines is 2. The van der Waals surface area contributed by atoms with Crippen LogP contribution in [-0.4, -0.2) is 40.8 Å². The smallest absolute Gasteiger partial charge is 0.194 e. The Hall–Kier alpha value is -3.11. The van der Waals surface area contributed by atoms with Gasteiger partial charge in [0.25, 0.3) is 0 Å². The molecule has 3 heterocycles. The van der Waals surface area contributed by atoms with Crippen LogP contribution in [0.15, 0.2) is 60.7 Å². The van der Waals surface area contributed by atoms with Crippen molar-refractivity contribution in [2.45, 2.75) is 19.4 Å². The van der Waals surface area contributed by atoms with Gasteiger partial charge in [-0.25, -0.2) is 0 Å². The number of carbonyl (C=O) groups is 1. The first-order valence-corrected chi connectivity index (χ1v) is 13.7. The summed E-state index contributed by atoms with van der Waals surface area (Å²) in [5.74, 6) is 0.183. The predicted octanol–water partition coefficient (Wildman–Crippen LogP) is 3.81. The second-order valence-corrected chi connectivity index (χ2v) is 11.7. The van der Waals surface area contributed by atoms with E-state index in [1.165, 1.54) is 40.2 Å². The minimum Gasteiger partial charge on any atom is -0.371 e. The van der Waals surface area contributed by atoms with E-state index in [1.807, 2.05) is 12.1 Å². The number of hydrogen-bond donors (Lipinski definition) is 0. The van der Waals surface area contributed by atoms with Gasteiger partial charge in [-0.15, -0.1) is 0 Å². The van der Waals surface area contributed by atoms with E-state index in [1.54, 1.807) is 0 Å². The number of carbonyl (C=O) groups excluding carboxylic acids is 1. The normalized spacial score (nSPS) is 19.0. The largest absolute Gasteiger partial charge is 0.371 e. The van der Waals surface area contributed by atoms with Crippen LogP contribution in [0.5, 0.6) is 0 Å². The maximum Gasteiger partial charge on any atom is 0.194 e. The SMILES string of the molecule is C[Si]1c2cc(N3CCC3)ccc2C2=C(c3ccccc3C2=O)c2ccc(N3CCC3)cc21. The van der Waals surface area contributed by atoms with E-state index in [0.29, 0.717) is 0 Å². The Morgan fingerprint density at radius 1 is 0.656 bits per heavy atom. The Kier molecular flexibility index (Phi) is 3.86. The summed E-state index contributed by atoms with van der Waals surface area (Å²) in [6.07, 6.45) is 2.55. The van der Waals surface area contributed by atoms with Gasteiger partial charge in [0.2, 0.25) is 0 Å². The third-order valence-corrected chi connectivity index (χ3v) is 10.2. The van der Waals surface area contributed by atoms with Crippen LogP contribution < -0.4 is 20.2 Å². The molecular formula is C28H25N2OSi. The zero-order chi connectivity index (χ0) is 21.4. The molecule has 3 aromatic carbocycles. The van der Waals surface area contributed by atoms with Gasteiger partial charge >= 0.3 is 0 Å². The Bertz CT molecular complexity index is 1330. The molecule has 0 saturated carbocycles. The van der Waals surface area contributed by atoms with Crippen LogP contribution in [-0.2, 0) is 0 Å². The van der Waals surface area contributed by atoms with Crippen LogP contribution in [0.2, 0.25) is 6.55 Å². The lowest BCUT2D eigenvalue weighted by Crippen LogP contribution is -2.44. The molecule has 0 amide bonds. The van der Waals surface area contributed by atoms with Crippen molar-refractivity contribution in [3.8, 4) is 0 Å². The summed E-state index contributed by atoms with van der Waals surface area (Å²) in [5.41, 5.74) is 9.07. The highest BCUT2D eigenvalue weighted by Gasteiger charge is 2.38. The molecule has 3 aromatic rings. The molecule has 0 unspecified atom stereocenters. The second kappa shape index (κ2) is 6.69. The maximum atomic E-state index is 13.7. The molecular weight excluding hydrogens is 408 g/mol. The standard InChI is InChI=1S/C28H25N2OSi/c1-32-24-16-18(29-12-4-13-29)8-10-22(24)26-20-6-2-3-7-21(20)28(31)27(26)23-11-9-19(17-25(23)32)30-14-5-15-30/h2-3,6-11,16-17H,4-5,12-15H2,1H3. The Labute approximate surface area is 190 Å². The van der Waals surface area contributed by atoms with Gasteiger partial charge < -0.3 is 9.80 Å². The van der Waals surface area contributed by atoms with Gasteiger partial charge in [-0.05, 0) is 64.2 Å². The lowest BCUT2D eigenvalue weighted by Gasteiger charge is -2.34. The number of benzene rings is 3. The average Bonchev–Trinajstić information content (AvgIpc) is 2.97. The second-order valence-electron chi connectivity index (χ2n) is 9.39. The first-order chi connectivity index (χ1) is 15.7. The van der Waals surface area contributed by atoms with Gasteiger partial charge in [0.1, 0.15) is 8.80 Å². The zero-order valence-electron chi connectivity index (χ0n) is 18.3. The average molecular weight is 434 g/mol. The number of hydrogen-bond acceptors (Lipinski definition) is 3. The van der Waals surface area contributed by atoms with Crippen LogP contribution in [0.25, 0.3) is 11.1 Å². The maximum absolute atomic E-state index is 13.7. The highest BCUT2D eigenvalue weighted by Crippen LogP contribution is 2.43. The van der Waals surface area contributed by atoms with Crippen LogP contribution >= 0.6 is 0 Å². The fourth-order valence-electron chi connectivity index (χ4n) is 5.63. The Morgan fingerprint density at radius 3 is 1.72 bits per heavy atom. The Balaban J connectivity index is 1.51. The van der Waals surface area contributed by atoms with Crippen molar-refractivity contribution in [3.63, 3.8) is 0 Å². The number of fused-ring (bicyclic) bond motifs is 6. The van der Waals surface area contributed by atoms with Gasteiger partial charge in [0.15, 0.2) is 5.78 Å². The monoisotopic (exact) mass is 433 g/mol. The first kappa shape index (κ1) is 18.5. The highest BCUT2D eigenvalue weighted by molar-refractivity contribution is 6.86. The van der Waals surface area contributed by atoms with Gasteiger partial charge in [-0.3, -0.25) is 4.79 Å². The molecule has 2 saturated heterocycles. The summed E-state index contributed by atoms with van der Waals surface area (Å²) in [7, 11) is -1.03. The summed E-state index contributed by atoms with van der Waals surface area (Å²) >= 11 is 0. The summed E-state index contributed by atoms with van der Waals surface area (Å²) in [6.45, 7) is 6.99. The molecule has 0 bridgehead atoms. The number of nitrogens with zero attached hydrogens (tertiary/aromatic N) is 2. The van der Waals surface area contributed by atoms with Crippen LogP contribution in [0.3, 0.4) is 0 Å². The first-order valence-electron chi connectivity index (χ1n) is 11.7. The quantitative estimate of drug-likeness (QED) is 0.574. The van der Waals surface area contributed by atoms with Crippen LogP contribution in [0.4, 0.5) is 11.4 Å². The lowest BCUT2D eigenvalue weighted by molar-refractivity contribution is 0.105. The van der Waals surface area contributed by atoms with E-state index in [-0.39, 0.29) is 5.78 Å². The molecule has 4 heteroatoms. The molecule has 3 nitrogen and oxygen atoms in total. The molecule has 3 aliphatic heterocycles. The van der Waals surface area contributed by atoms with Gasteiger partial charge in [0.05, 0.1) is 0 Å². The van der Waals surface area contributed by atoms with E-state index in [2.05, 4.69) is 64.9 Å². The number of rotatable bonds is 2.